The number of aromatic nitrogens is 2. The molecule has 4 nitrogen and oxygen atoms in total. The van der Waals surface area contributed by atoms with Crippen LogP contribution in [0.5, 0.6) is 0 Å². The minimum Gasteiger partial charge on any atom is -0.368 e. The molecular formula is C12H13ClN4S3. The van der Waals surface area contributed by atoms with E-state index in [1.165, 1.54) is 11.5 Å². The fourth-order valence-electron chi connectivity index (χ4n) is 1.85. The van der Waals surface area contributed by atoms with Crippen LogP contribution in [0.2, 0.25) is 5.02 Å². The van der Waals surface area contributed by atoms with Crippen LogP contribution in [0.4, 0.5) is 5.00 Å². The standard InChI is InChI=1S/C12H13ClN4S3/c1-6(14)4-7-9(13)10-11(19-7)12(20-17-10)16-5-8-15-2-3-18-8/h2-3,6,16H,4-5,14H2,1H3/t6-/m0/s1. The summed E-state index contributed by atoms with van der Waals surface area (Å²) in [6.07, 6.45) is 2.60. The molecule has 8 heteroatoms. The number of hydrogen-bond acceptors (Lipinski definition) is 7. The average Bonchev–Trinajstić information content (AvgIpc) is 3.08. The molecule has 3 aromatic heterocycles. The number of halogens is 1. The molecule has 0 unspecified atom stereocenters. The van der Waals surface area contributed by atoms with Crippen LogP contribution in [0.1, 0.15) is 16.8 Å². The highest BCUT2D eigenvalue weighted by Gasteiger charge is 2.17. The van der Waals surface area contributed by atoms with Crippen molar-refractivity contribution in [3.8, 4) is 0 Å². The van der Waals surface area contributed by atoms with E-state index in [0.717, 1.165) is 36.5 Å². The van der Waals surface area contributed by atoms with Gasteiger partial charge in [-0.1, -0.05) is 11.6 Å². The van der Waals surface area contributed by atoms with Gasteiger partial charge < -0.3 is 11.1 Å². The lowest BCUT2D eigenvalue weighted by Crippen LogP contribution is -2.17. The zero-order valence-corrected chi connectivity index (χ0v) is 13.9. The van der Waals surface area contributed by atoms with E-state index in [-0.39, 0.29) is 6.04 Å². The van der Waals surface area contributed by atoms with Crippen molar-refractivity contribution < 1.29 is 0 Å². The fraction of sp³-hybridized carbons (Fsp3) is 0.333. The summed E-state index contributed by atoms with van der Waals surface area (Å²) >= 11 is 11.1. The molecule has 0 saturated heterocycles. The minimum atomic E-state index is 0.102. The van der Waals surface area contributed by atoms with E-state index < -0.39 is 0 Å². The SMILES string of the molecule is C[C@H](N)Cc1sc2c(NCc3nccs3)snc2c1Cl. The number of nitrogens with one attached hydrogen (secondary N) is 1. The minimum absolute atomic E-state index is 0.102. The predicted molar refractivity (Wildman–Crippen MR) is 89.3 cm³/mol. The Balaban J connectivity index is 1.84. The number of nitrogens with zero attached hydrogens (tertiary/aromatic N) is 2. The molecule has 3 N–H and O–H groups in total. The van der Waals surface area contributed by atoms with Crippen LogP contribution >= 0.6 is 45.8 Å². The second-order valence-electron chi connectivity index (χ2n) is 4.49. The molecule has 106 valence electrons. The van der Waals surface area contributed by atoms with E-state index in [9.17, 15) is 0 Å². The number of anilines is 1. The lowest BCUT2D eigenvalue weighted by molar-refractivity contribution is 0.747. The number of rotatable bonds is 5. The van der Waals surface area contributed by atoms with E-state index in [1.807, 2.05) is 18.5 Å². The van der Waals surface area contributed by atoms with Gasteiger partial charge in [0.2, 0.25) is 0 Å². The molecule has 0 aliphatic rings. The van der Waals surface area contributed by atoms with Crippen molar-refractivity contribution in [2.45, 2.75) is 25.9 Å². The maximum atomic E-state index is 6.38. The van der Waals surface area contributed by atoms with Crippen molar-refractivity contribution in [2.24, 2.45) is 5.73 Å². The predicted octanol–water partition coefficient (Wildman–Crippen LogP) is 3.97. The third-order valence-corrected chi connectivity index (χ3v) is 6.17. The molecule has 3 rings (SSSR count). The molecule has 0 fully saturated rings. The number of nitrogens with two attached hydrogens (primary N) is 1. The zero-order valence-electron chi connectivity index (χ0n) is 10.7. The molecule has 20 heavy (non-hydrogen) atoms. The number of thiophene rings is 1. The van der Waals surface area contributed by atoms with Crippen LogP contribution in [0, 0.1) is 0 Å². The Kier molecular flexibility index (Phi) is 4.23. The molecule has 0 spiro atoms. The van der Waals surface area contributed by atoms with Gasteiger partial charge >= 0.3 is 0 Å². The third-order valence-electron chi connectivity index (χ3n) is 2.72. The van der Waals surface area contributed by atoms with Crippen LogP contribution in [0.3, 0.4) is 0 Å². The summed E-state index contributed by atoms with van der Waals surface area (Å²) in [6, 6.07) is 0.102. The molecule has 3 heterocycles. The summed E-state index contributed by atoms with van der Waals surface area (Å²) in [5.74, 6) is 0. The second kappa shape index (κ2) is 5.95. The quantitative estimate of drug-likeness (QED) is 0.735. The maximum absolute atomic E-state index is 6.38. The zero-order chi connectivity index (χ0) is 14.1. The van der Waals surface area contributed by atoms with Gasteiger partial charge in [0.05, 0.1) is 16.3 Å². The normalized spacial score (nSPS) is 12.9. The first-order chi connectivity index (χ1) is 9.65. The Hall–Kier alpha value is -0.730. The Labute approximate surface area is 133 Å². The topological polar surface area (TPSA) is 63.8 Å². The largest absolute Gasteiger partial charge is 0.368 e. The monoisotopic (exact) mass is 344 g/mol. The highest BCUT2D eigenvalue weighted by molar-refractivity contribution is 7.25. The molecule has 0 aliphatic carbocycles. The third kappa shape index (κ3) is 2.82. The van der Waals surface area contributed by atoms with Crippen molar-refractivity contribution >= 4 is 61.0 Å². The Morgan fingerprint density at radius 3 is 3.05 bits per heavy atom. The van der Waals surface area contributed by atoms with Gasteiger partial charge in [-0.15, -0.1) is 22.7 Å². The summed E-state index contributed by atoms with van der Waals surface area (Å²) in [5, 5.41) is 8.23. The average molecular weight is 345 g/mol. The first-order valence-electron chi connectivity index (χ1n) is 6.09. The summed E-state index contributed by atoms with van der Waals surface area (Å²) < 4.78 is 5.56. The van der Waals surface area contributed by atoms with Gasteiger partial charge in [0.25, 0.3) is 0 Å². The first kappa shape index (κ1) is 14.2. The number of hydrogen-bond donors (Lipinski definition) is 2. The Bertz CT molecular complexity index is 702. The van der Waals surface area contributed by atoms with Crippen LogP contribution in [0.25, 0.3) is 10.2 Å². The van der Waals surface area contributed by atoms with Crippen molar-refractivity contribution in [3.63, 3.8) is 0 Å². The van der Waals surface area contributed by atoms with Crippen LogP contribution in [-0.2, 0) is 13.0 Å². The van der Waals surface area contributed by atoms with Gasteiger partial charge in [0.15, 0.2) is 0 Å². The van der Waals surface area contributed by atoms with E-state index in [0.29, 0.717) is 6.54 Å². The second-order valence-corrected chi connectivity index (χ2v) is 7.73. The lowest BCUT2D eigenvalue weighted by Gasteiger charge is -2.02. The van der Waals surface area contributed by atoms with Crippen molar-refractivity contribution in [1.82, 2.24) is 9.36 Å². The number of fused-ring (bicyclic) bond motifs is 1. The van der Waals surface area contributed by atoms with Crippen LogP contribution in [-0.4, -0.2) is 15.4 Å². The van der Waals surface area contributed by atoms with Gasteiger partial charge in [0, 0.05) is 22.5 Å². The van der Waals surface area contributed by atoms with Crippen molar-refractivity contribution in [1.29, 1.82) is 0 Å². The van der Waals surface area contributed by atoms with Gasteiger partial charge in [-0.05, 0) is 24.9 Å². The van der Waals surface area contributed by atoms with Crippen LogP contribution in [0.15, 0.2) is 11.6 Å². The van der Waals surface area contributed by atoms with E-state index in [4.69, 9.17) is 17.3 Å². The maximum Gasteiger partial charge on any atom is 0.127 e. The van der Waals surface area contributed by atoms with Gasteiger partial charge in [0.1, 0.15) is 15.5 Å². The molecule has 0 aromatic carbocycles. The summed E-state index contributed by atoms with van der Waals surface area (Å²) in [6.45, 7) is 2.70. The molecule has 0 aliphatic heterocycles. The first-order valence-corrected chi connectivity index (χ1v) is 8.94. The Morgan fingerprint density at radius 2 is 2.35 bits per heavy atom. The highest BCUT2D eigenvalue weighted by Crippen LogP contribution is 2.41. The van der Waals surface area contributed by atoms with E-state index in [2.05, 4.69) is 14.7 Å². The fourth-order valence-corrected chi connectivity index (χ4v) is 5.00. The molecule has 3 aromatic rings. The molecular weight excluding hydrogens is 332 g/mol. The molecule has 0 bridgehead atoms. The van der Waals surface area contributed by atoms with Gasteiger partial charge in [-0.2, -0.15) is 4.37 Å². The smallest absolute Gasteiger partial charge is 0.127 e. The van der Waals surface area contributed by atoms with Gasteiger partial charge in [-0.25, -0.2) is 4.98 Å². The van der Waals surface area contributed by atoms with Crippen LogP contribution < -0.4 is 11.1 Å². The van der Waals surface area contributed by atoms with Gasteiger partial charge in [-0.3, -0.25) is 0 Å². The summed E-state index contributed by atoms with van der Waals surface area (Å²) in [4.78, 5) is 5.37. The van der Waals surface area contributed by atoms with Crippen molar-refractivity contribution in [2.75, 3.05) is 5.32 Å². The molecule has 0 saturated carbocycles. The summed E-state index contributed by atoms with van der Waals surface area (Å²) in [7, 11) is 0. The van der Waals surface area contributed by atoms with E-state index in [1.54, 1.807) is 22.7 Å². The van der Waals surface area contributed by atoms with E-state index >= 15 is 0 Å². The Morgan fingerprint density at radius 1 is 1.50 bits per heavy atom. The lowest BCUT2D eigenvalue weighted by atomic mass is 10.2. The molecule has 1 atom stereocenters. The van der Waals surface area contributed by atoms with Crippen molar-refractivity contribution in [3.05, 3.63) is 26.5 Å². The number of thiazole rings is 1. The summed E-state index contributed by atoms with van der Waals surface area (Å²) in [5.41, 5.74) is 6.74. The molecule has 0 radical (unpaired) electrons. The highest BCUT2D eigenvalue weighted by atomic mass is 35.5. The molecule has 0 amide bonds.